The summed E-state index contributed by atoms with van der Waals surface area (Å²) in [6, 6.07) is 10.1. The Morgan fingerprint density at radius 1 is 1.38 bits per heavy atom. The molecule has 0 aliphatic rings. The Balaban J connectivity index is 1.91. The number of rotatable bonds is 5. The van der Waals surface area contributed by atoms with Crippen LogP contribution in [-0.2, 0) is 11.3 Å². The SMILES string of the molecule is C[C@H](Oc1ccccc1Cl)C(=O)NCc1cc[nH]c(=O)c1. The Bertz CT molecular complexity index is 684. The number of nitrogens with one attached hydrogen (secondary N) is 2. The number of H-pyrrole nitrogens is 1. The lowest BCUT2D eigenvalue weighted by Crippen LogP contribution is -2.36. The monoisotopic (exact) mass is 306 g/mol. The first-order valence-electron chi connectivity index (χ1n) is 6.43. The van der Waals surface area contributed by atoms with E-state index in [9.17, 15) is 9.59 Å². The maximum atomic E-state index is 12.0. The van der Waals surface area contributed by atoms with Crippen molar-refractivity contribution in [2.75, 3.05) is 0 Å². The summed E-state index contributed by atoms with van der Waals surface area (Å²) in [4.78, 5) is 25.6. The van der Waals surface area contributed by atoms with Crippen LogP contribution in [0.5, 0.6) is 5.75 Å². The topological polar surface area (TPSA) is 71.2 Å². The smallest absolute Gasteiger partial charge is 0.261 e. The molecule has 0 bridgehead atoms. The summed E-state index contributed by atoms with van der Waals surface area (Å²) < 4.78 is 5.51. The first-order chi connectivity index (χ1) is 10.1. The van der Waals surface area contributed by atoms with Crippen molar-refractivity contribution >= 4 is 17.5 Å². The minimum Gasteiger partial charge on any atom is -0.479 e. The maximum Gasteiger partial charge on any atom is 0.261 e. The van der Waals surface area contributed by atoms with Crippen LogP contribution in [0.1, 0.15) is 12.5 Å². The van der Waals surface area contributed by atoms with E-state index in [0.717, 1.165) is 5.56 Å². The zero-order valence-corrected chi connectivity index (χ0v) is 12.2. The van der Waals surface area contributed by atoms with E-state index in [1.54, 1.807) is 37.3 Å². The fourth-order valence-corrected chi connectivity index (χ4v) is 1.90. The Kier molecular flexibility index (Phi) is 5.00. The van der Waals surface area contributed by atoms with Crippen molar-refractivity contribution in [2.45, 2.75) is 19.6 Å². The van der Waals surface area contributed by atoms with Crippen molar-refractivity contribution < 1.29 is 9.53 Å². The number of hydrogen-bond acceptors (Lipinski definition) is 3. The lowest BCUT2D eigenvalue weighted by molar-refractivity contribution is -0.127. The van der Waals surface area contributed by atoms with Crippen molar-refractivity contribution in [1.29, 1.82) is 0 Å². The largest absolute Gasteiger partial charge is 0.479 e. The summed E-state index contributed by atoms with van der Waals surface area (Å²) >= 11 is 5.97. The highest BCUT2D eigenvalue weighted by molar-refractivity contribution is 6.32. The van der Waals surface area contributed by atoms with E-state index in [4.69, 9.17) is 16.3 Å². The first-order valence-corrected chi connectivity index (χ1v) is 6.80. The molecule has 0 spiro atoms. The summed E-state index contributed by atoms with van der Waals surface area (Å²) in [5.74, 6) is 0.174. The zero-order valence-electron chi connectivity index (χ0n) is 11.4. The second kappa shape index (κ2) is 6.95. The molecule has 0 unspecified atom stereocenters. The Morgan fingerprint density at radius 3 is 2.86 bits per heavy atom. The molecule has 1 aromatic carbocycles. The number of halogens is 1. The molecule has 1 aromatic heterocycles. The van der Waals surface area contributed by atoms with Gasteiger partial charge in [0.2, 0.25) is 5.56 Å². The molecule has 1 atom stereocenters. The molecule has 21 heavy (non-hydrogen) atoms. The molecule has 2 aromatic rings. The van der Waals surface area contributed by atoms with Gasteiger partial charge in [-0.25, -0.2) is 0 Å². The molecule has 0 saturated heterocycles. The van der Waals surface area contributed by atoms with Gasteiger partial charge in [-0.1, -0.05) is 23.7 Å². The molecule has 0 aliphatic heterocycles. The average Bonchev–Trinajstić information content (AvgIpc) is 2.47. The number of amides is 1. The van der Waals surface area contributed by atoms with Gasteiger partial charge in [-0.05, 0) is 30.7 Å². The second-order valence-electron chi connectivity index (χ2n) is 4.47. The van der Waals surface area contributed by atoms with Gasteiger partial charge in [0.15, 0.2) is 6.10 Å². The van der Waals surface area contributed by atoms with Crippen LogP contribution >= 0.6 is 11.6 Å². The predicted molar refractivity (Wildman–Crippen MR) is 80.5 cm³/mol. The van der Waals surface area contributed by atoms with Crippen LogP contribution in [0.25, 0.3) is 0 Å². The van der Waals surface area contributed by atoms with E-state index >= 15 is 0 Å². The molecule has 5 nitrogen and oxygen atoms in total. The normalized spacial score (nSPS) is 11.7. The minimum absolute atomic E-state index is 0.206. The van der Waals surface area contributed by atoms with Crippen LogP contribution in [0.3, 0.4) is 0 Å². The van der Waals surface area contributed by atoms with Crippen molar-refractivity contribution in [3.8, 4) is 5.75 Å². The van der Waals surface area contributed by atoms with Gasteiger partial charge in [-0.15, -0.1) is 0 Å². The van der Waals surface area contributed by atoms with E-state index in [-0.39, 0.29) is 18.0 Å². The lowest BCUT2D eigenvalue weighted by atomic mass is 10.2. The van der Waals surface area contributed by atoms with Gasteiger partial charge in [0, 0.05) is 18.8 Å². The number of aromatic amines is 1. The second-order valence-corrected chi connectivity index (χ2v) is 4.88. The standard InChI is InChI=1S/C15H15ClN2O3/c1-10(21-13-5-3-2-4-12(13)16)15(20)18-9-11-6-7-17-14(19)8-11/h2-8,10H,9H2,1H3,(H,17,19)(H,18,20)/t10-/m0/s1. The van der Waals surface area contributed by atoms with Crippen LogP contribution in [-0.4, -0.2) is 17.0 Å². The highest BCUT2D eigenvalue weighted by atomic mass is 35.5. The highest BCUT2D eigenvalue weighted by Crippen LogP contribution is 2.24. The van der Waals surface area contributed by atoms with Gasteiger partial charge in [0.25, 0.3) is 5.91 Å². The number of para-hydroxylation sites is 1. The third-order valence-electron chi connectivity index (χ3n) is 2.82. The van der Waals surface area contributed by atoms with Crippen LogP contribution < -0.4 is 15.6 Å². The van der Waals surface area contributed by atoms with Gasteiger partial charge in [0.05, 0.1) is 5.02 Å². The fourth-order valence-electron chi connectivity index (χ4n) is 1.72. The Morgan fingerprint density at radius 2 is 2.14 bits per heavy atom. The van der Waals surface area contributed by atoms with Crippen LogP contribution in [0.15, 0.2) is 47.4 Å². The molecule has 1 amide bonds. The van der Waals surface area contributed by atoms with Gasteiger partial charge in [0.1, 0.15) is 5.75 Å². The van der Waals surface area contributed by atoms with Gasteiger partial charge < -0.3 is 15.0 Å². The van der Waals surface area contributed by atoms with Gasteiger partial charge >= 0.3 is 0 Å². The summed E-state index contributed by atoms with van der Waals surface area (Å²) in [5.41, 5.74) is 0.513. The van der Waals surface area contributed by atoms with Crippen LogP contribution in [0, 0.1) is 0 Å². The molecule has 6 heteroatoms. The highest BCUT2D eigenvalue weighted by Gasteiger charge is 2.15. The molecular weight excluding hydrogens is 292 g/mol. The molecule has 0 fully saturated rings. The molecule has 2 N–H and O–H groups in total. The summed E-state index contributed by atoms with van der Waals surface area (Å²) in [6.07, 6.45) is 0.847. The number of carbonyl (C=O) groups excluding carboxylic acids is 1. The first kappa shape index (κ1) is 15.1. The van der Waals surface area contributed by atoms with Crippen molar-refractivity contribution in [2.24, 2.45) is 0 Å². The van der Waals surface area contributed by atoms with Crippen molar-refractivity contribution in [1.82, 2.24) is 10.3 Å². The quantitative estimate of drug-likeness (QED) is 0.889. The van der Waals surface area contributed by atoms with E-state index in [0.29, 0.717) is 10.8 Å². The predicted octanol–water partition coefficient (Wildman–Crippen LogP) is 2.11. The summed E-state index contributed by atoms with van der Waals surface area (Å²) in [6.45, 7) is 1.90. The molecule has 1 heterocycles. The third kappa shape index (κ3) is 4.36. The van der Waals surface area contributed by atoms with Crippen LogP contribution in [0.4, 0.5) is 0 Å². The number of aromatic nitrogens is 1. The number of benzene rings is 1. The molecule has 0 aliphatic carbocycles. The lowest BCUT2D eigenvalue weighted by Gasteiger charge is -2.15. The van der Waals surface area contributed by atoms with Crippen molar-refractivity contribution in [3.63, 3.8) is 0 Å². The molecule has 2 rings (SSSR count). The van der Waals surface area contributed by atoms with E-state index in [1.807, 2.05) is 0 Å². The third-order valence-corrected chi connectivity index (χ3v) is 3.13. The van der Waals surface area contributed by atoms with E-state index < -0.39 is 6.10 Å². The van der Waals surface area contributed by atoms with E-state index in [1.165, 1.54) is 12.3 Å². The number of pyridine rings is 1. The number of carbonyl (C=O) groups is 1. The summed E-state index contributed by atoms with van der Waals surface area (Å²) in [7, 11) is 0. The molecule has 0 saturated carbocycles. The van der Waals surface area contributed by atoms with Crippen molar-refractivity contribution in [3.05, 3.63) is 63.5 Å². The Hall–Kier alpha value is -2.27. The fraction of sp³-hybridized carbons (Fsp3) is 0.200. The van der Waals surface area contributed by atoms with Gasteiger partial charge in [-0.3, -0.25) is 9.59 Å². The summed E-state index contributed by atoms with van der Waals surface area (Å²) in [5, 5.41) is 3.16. The maximum absolute atomic E-state index is 12.0. The van der Waals surface area contributed by atoms with Crippen LogP contribution in [0.2, 0.25) is 5.02 Å². The Labute approximate surface area is 126 Å². The molecule has 110 valence electrons. The minimum atomic E-state index is -0.688. The molecule has 0 radical (unpaired) electrons. The van der Waals surface area contributed by atoms with Gasteiger partial charge in [-0.2, -0.15) is 0 Å². The number of hydrogen-bond donors (Lipinski definition) is 2. The average molecular weight is 307 g/mol. The van der Waals surface area contributed by atoms with E-state index in [2.05, 4.69) is 10.3 Å². The zero-order chi connectivity index (χ0) is 15.2. The number of ether oxygens (including phenoxy) is 1. The molecular formula is C15H15ClN2O3.